The monoisotopic (exact) mass is 234 g/mol. The van der Waals surface area contributed by atoms with Crippen LogP contribution in [0.25, 0.3) is 0 Å². The lowest BCUT2D eigenvalue weighted by molar-refractivity contribution is 0.122. The molecular formula is C13H22N4. The van der Waals surface area contributed by atoms with E-state index in [1.54, 1.807) is 0 Å². The molecule has 1 aromatic rings. The van der Waals surface area contributed by atoms with Crippen LogP contribution in [0.4, 0.5) is 5.82 Å². The van der Waals surface area contributed by atoms with Crippen LogP contribution in [-0.2, 0) is 0 Å². The van der Waals surface area contributed by atoms with Gasteiger partial charge >= 0.3 is 0 Å². The van der Waals surface area contributed by atoms with Crippen LogP contribution < -0.4 is 5.32 Å². The second-order valence-corrected chi connectivity index (χ2v) is 4.94. The van der Waals surface area contributed by atoms with Gasteiger partial charge < -0.3 is 10.2 Å². The van der Waals surface area contributed by atoms with Gasteiger partial charge in [0.25, 0.3) is 0 Å². The Bertz CT molecular complexity index is 366. The van der Waals surface area contributed by atoms with Crippen LogP contribution in [0, 0.1) is 6.92 Å². The number of anilines is 1. The third kappa shape index (κ3) is 3.41. The van der Waals surface area contributed by atoms with Gasteiger partial charge in [-0.15, -0.1) is 0 Å². The molecule has 94 valence electrons. The van der Waals surface area contributed by atoms with E-state index in [1.165, 1.54) is 0 Å². The van der Waals surface area contributed by atoms with E-state index in [1.807, 2.05) is 25.1 Å². The second kappa shape index (κ2) is 5.47. The summed E-state index contributed by atoms with van der Waals surface area (Å²) in [6.07, 6.45) is 0. The molecule has 1 atom stereocenters. The highest BCUT2D eigenvalue weighted by Crippen LogP contribution is 2.08. The van der Waals surface area contributed by atoms with Crippen molar-refractivity contribution < 1.29 is 0 Å². The smallest absolute Gasteiger partial charge is 0.126 e. The maximum absolute atomic E-state index is 4.46. The molecule has 1 unspecified atom stereocenters. The summed E-state index contributed by atoms with van der Waals surface area (Å²) in [6, 6.07) is 6.66. The van der Waals surface area contributed by atoms with E-state index in [4.69, 9.17) is 0 Å². The van der Waals surface area contributed by atoms with Gasteiger partial charge in [-0.2, -0.15) is 0 Å². The van der Waals surface area contributed by atoms with Gasteiger partial charge in [-0.3, -0.25) is 4.90 Å². The first-order valence-corrected chi connectivity index (χ1v) is 6.21. The van der Waals surface area contributed by atoms with Crippen LogP contribution in [0.2, 0.25) is 0 Å². The maximum Gasteiger partial charge on any atom is 0.126 e. The van der Waals surface area contributed by atoms with Crippen molar-refractivity contribution in [3.05, 3.63) is 23.9 Å². The average molecular weight is 234 g/mol. The number of nitrogens with one attached hydrogen (secondary N) is 1. The summed E-state index contributed by atoms with van der Waals surface area (Å²) >= 11 is 0. The number of aryl methyl sites for hydroxylation is 1. The molecular weight excluding hydrogens is 212 g/mol. The van der Waals surface area contributed by atoms with Gasteiger partial charge in [0.15, 0.2) is 0 Å². The predicted molar refractivity (Wildman–Crippen MR) is 71.4 cm³/mol. The summed E-state index contributed by atoms with van der Waals surface area (Å²) in [4.78, 5) is 9.26. The van der Waals surface area contributed by atoms with Crippen molar-refractivity contribution in [2.24, 2.45) is 0 Å². The van der Waals surface area contributed by atoms with Crippen LogP contribution in [0.5, 0.6) is 0 Å². The third-order valence-corrected chi connectivity index (χ3v) is 3.39. The van der Waals surface area contributed by atoms with E-state index in [0.29, 0.717) is 6.04 Å². The number of nitrogens with zero attached hydrogens (tertiary/aromatic N) is 3. The fourth-order valence-corrected chi connectivity index (χ4v) is 2.19. The molecule has 0 amide bonds. The topological polar surface area (TPSA) is 31.4 Å². The summed E-state index contributed by atoms with van der Waals surface area (Å²) in [5.74, 6) is 0.978. The van der Waals surface area contributed by atoms with E-state index in [0.717, 1.165) is 37.7 Å². The minimum atomic E-state index is 0.566. The molecule has 17 heavy (non-hydrogen) atoms. The fourth-order valence-electron chi connectivity index (χ4n) is 2.19. The fraction of sp³-hybridized carbons (Fsp3) is 0.615. The van der Waals surface area contributed by atoms with Crippen LogP contribution in [-0.4, -0.2) is 61.1 Å². The number of piperazine rings is 1. The highest BCUT2D eigenvalue weighted by atomic mass is 15.3. The maximum atomic E-state index is 4.46. The molecule has 1 saturated heterocycles. The number of aromatic nitrogens is 1. The van der Waals surface area contributed by atoms with E-state index >= 15 is 0 Å². The minimum Gasteiger partial charge on any atom is -0.368 e. The number of hydrogen-bond donors (Lipinski definition) is 1. The van der Waals surface area contributed by atoms with Crippen molar-refractivity contribution in [2.75, 3.05) is 45.6 Å². The Morgan fingerprint density at radius 1 is 1.35 bits per heavy atom. The number of likely N-dealkylation sites (N-methyl/N-ethyl adjacent to an activating group) is 2. The minimum absolute atomic E-state index is 0.566. The molecule has 0 aromatic carbocycles. The van der Waals surface area contributed by atoms with Crippen molar-refractivity contribution in [1.29, 1.82) is 0 Å². The van der Waals surface area contributed by atoms with Crippen LogP contribution >= 0.6 is 0 Å². The highest BCUT2D eigenvalue weighted by Gasteiger charge is 2.21. The average Bonchev–Trinajstić information content (AvgIpc) is 2.30. The largest absolute Gasteiger partial charge is 0.368 e. The van der Waals surface area contributed by atoms with Crippen molar-refractivity contribution >= 4 is 5.82 Å². The normalized spacial score (nSPS) is 22.6. The molecule has 1 aliphatic rings. The second-order valence-electron chi connectivity index (χ2n) is 4.94. The number of rotatable bonds is 3. The Labute approximate surface area is 104 Å². The molecule has 2 heterocycles. The van der Waals surface area contributed by atoms with E-state index in [-0.39, 0.29) is 0 Å². The summed E-state index contributed by atoms with van der Waals surface area (Å²) in [6.45, 7) is 6.40. The Balaban J connectivity index is 1.88. The van der Waals surface area contributed by atoms with Crippen LogP contribution in [0.15, 0.2) is 18.2 Å². The summed E-state index contributed by atoms with van der Waals surface area (Å²) in [5, 5.41) is 3.43. The Morgan fingerprint density at radius 3 is 2.94 bits per heavy atom. The lowest BCUT2D eigenvalue weighted by Crippen LogP contribution is -2.52. The zero-order valence-electron chi connectivity index (χ0n) is 11.0. The van der Waals surface area contributed by atoms with Crippen molar-refractivity contribution in [2.45, 2.75) is 13.0 Å². The van der Waals surface area contributed by atoms with Crippen molar-refractivity contribution in [3.63, 3.8) is 0 Å². The quantitative estimate of drug-likeness (QED) is 0.847. The molecule has 0 spiro atoms. The lowest BCUT2D eigenvalue weighted by atomic mass is 10.2. The standard InChI is InChI=1S/C13H22N4/c1-11-5-4-6-13(15-11)14-9-12-10-16(2)7-8-17(12)3/h4-6,12H,7-10H2,1-3H3,(H,14,15). The van der Waals surface area contributed by atoms with Gasteiger partial charge in [-0.05, 0) is 33.2 Å². The van der Waals surface area contributed by atoms with E-state index in [9.17, 15) is 0 Å². The van der Waals surface area contributed by atoms with E-state index in [2.05, 4.69) is 34.2 Å². The molecule has 1 aromatic heterocycles. The molecule has 0 bridgehead atoms. The Hall–Kier alpha value is -1.13. The zero-order chi connectivity index (χ0) is 12.3. The van der Waals surface area contributed by atoms with Crippen molar-refractivity contribution in [3.8, 4) is 0 Å². The van der Waals surface area contributed by atoms with E-state index < -0.39 is 0 Å². The highest BCUT2D eigenvalue weighted by molar-refractivity contribution is 5.35. The summed E-state index contributed by atoms with van der Waals surface area (Å²) in [5.41, 5.74) is 1.06. The van der Waals surface area contributed by atoms with Gasteiger partial charge in [0.05, 0.1) is 0 Å². The molecule has 0 radical (unpaired) electrons. The van der Waals surface area contributed by atoms with Gasteiger partial charge in [0, 0.05) is 37.9 Å². The lowest BCUT2D eigenvalue weighted by Gasteiger charge is -2.37. The number of hydrogen-bond acceptors (Lipinski definition) is 4. The SMILES string of the molecule is Cc1cccc(NCC2CN(C)CCN2C)n1. The number of pyridine rings is 1. The Morgan fingerprint density at radius 2 is 2.18 bits per heavy atom. The first kappa shape index (κ1) is 12.3. The van der Waals surface area contributed by atoms with Crippen molar-refractivity contribution in [1.82, 2.24) is 14.8 Å². The molecule has 0 saturated carbocycles. The van der Waals surface area contributed by atoms with Gasteiger partial charge in [-0.25, -0.2) is 4.98 Å². The molecule has 1 N–H and O–H groups in total. The molecule has 0 aliphatic carbocycles. The molecule has 2 rings (SSSR count). The summed E-state index contributed by atoms with van der Waals surface area (Å²) < 4.78 is 0. The zero-order valence-corrected chi connectivity index (χ0v) is 11.0. The summed E-state index contributed by atoms with van der Waals surface area (Å²) in [7, 11) is 4.38. The van der Waals surface area contributed by atoms with Gasteiger partial charge in [0.2, 0.25) is 0 Å². The van der Waals surface area contributed by atoms with Crippen LogP contribution in [0.3, 0.4) is 0 Å². The third-order valence-electron chi connectivity index (χ3n) is 3.39. The predicted octanol–water partition coefficient (Wildman–Crippen LogP) is 1.05. The van der Waals surface area contributed by atoms with Gasteiger partial charge in [-0.1, -0.05) is 6.07 Å². The molecule has 4 heteroatoms. The first-order chi connectivity index (χ1) is 8.15. The first-order valence-electron chi connectivity index (χ1n) is 6.21. The molecule has 1 aliphatic heterocycles. The van der Waals surface area contributed by atoms with Crippen LogP contribution in [0.1, 0.15) is 5.69 Å². The molecule has 1 fully saturated rings. The molecule has 4 nitrogen and oxygen atoms in total. The van der Waals surface area contributed by atoms with Gasteiger partial charge in [0.1, 0.15) is 5.82 Å². The Kier molecular flexibility index (Phi) is 3.97.